The molecule has 0 spiro atoms. The molecule has 1 aromatic carbocycles. The van der Waals surface area contributed by atoms with Crippen molar-refractivity contribution in [3.05, 3.63) is 34.9 Å². The summed E-state index contributed by atoms with van der Waals surface area (Å²) in [6.45, 7) is 1.92. The standard InChI is InChI=1S/C13H16ClNO2/c14-11-6-2-1-5-10(11)12(9-13(16)17)15-7-3-4-8-15/h1-2,5-6,12H,3-4,7-9H2,(H,16,17). The van der Waals surface area contributed by atoms with Crippen LogP contribution in [0.1, 0.15) is 30.9 Å². The third-order valence-electron chi connectivity index (χ3n) is 3.21. The minimum Gasteiger partial charge on any atom is -0.481 e. The predicted molar refractivity (Wildman–Crippen MR) is 67.3 cm³/mol. The second-order valence-corrected chi connectivity index (χ2v) is 4.79. The monoisotopic (exact) mass is 253 g/mol. The van der Waals surface area contributed by atoms with E-state index >= 15 is 0 Å². The number of carbonyl (C=O) groups is 1. The molecule has 0 bridgehead atoms. The van der Waals surface area contributed by atoms with Crippen LogP contribution in [-0.2, 0) is 4.79 Å². The maximum atomic E-state index is 11.0. The molecule has 1 atom stereocenters. The van der Waals surface area contributed by atoms with Gasteiger partial charge in [0.2, 0.25) is 0 Å². The zero-order chi connectivity index (χ0) is 12.3. The first-order valence-corrected chi connectivity index (χ1v) is 6.26. The highest BCUT2D eigenvalue weighted by atomic mass is 35.5. The Morgan fingerprint density at radius 1 is 1.35 bits per heavy atom. The number of carboxylic acids is 1. The van der Waals surface area contributed by atoms with Crippen LogP contribution in [-0.4, -0.2) is 29.1 Å². The van der Waals surface area contributed by atoms with Crippen LogP contribution in [0.4, 0.5) is 0 Å². The molecule has 3 nitrogen and oxygen atoms in total. The predicted octanol–water partition coefficient (Wildman–Crippen LogP) is 2.95. The van der Waals surface area contributed by atoms with Crippen LogP contribution in [0.5, 0.6) is 0 Å². The second-order valence-electron chi connectivity index (χ2n) is 4.38. The highest BCUT2D eigenvalue weighted by molar-refractivity contribution is 6.31. The van der Waals surface area contributed by atoms with Gasteiger partial charge in [-0.3, -0.25) is 9.69 Å². The van der Waals surface area contributed by atoms with Crippen molar-refractivity contribution < 1.29 is 9.90 Å². The Balaban J connectivity index is 2.25. The zero-order valence-corrected chi connectivity index (χ0v) is 10.4. The molecular formula is C13H16ClNO2. The van der Waals surface area contributed by atoms with Gasteiger partial charge in [-0.2, -0.15) is 0 Å². The quantitative estimate of drug-likeness (QED) is 0.897. The number of nitrogens with zero attached hydrogens (tertiary/aromatic N) is 1. The first kappa shape index (κ1) is 12.4. The Bertz CT molecular complexity index is 402. The minimum absolute atomic E-state index is 0.0938. The fraction of sp³-hybridized carbons (Fsp3) is 0.462. The molecule has 17 heavy (non-hydrogen) atoms. The lowest BCUT2D eigenvalue weighted by Gasteiger charge is -2.27. The van der Waals surface area contributed by atoms with Crippen molar-refractivity contribution in [3.63, 3.8) is 0 Å². The third kappa shape index (κ3) is 2.99. The summed E-state index contributed by atoms with van der Waals surface area (Å²) in [7, 11) is 0. The van der Waals surface area contributed by atoms with E-state index < -0.39 is 5.97 Å². The smallest absolute Gasteiger partial charge is 0.305 e. The van der Waals surface area contributed by atoms with E-state index in [-0.39, 0.29) is 12.5 Å². The molecule has 0 radical (unpaired) electrons. The number of carboxylic acid groups (broad SMARTS) is 1. The molecule has 1 heterocycles. The maximum Gasteiger partial charge on any atom is 0.305 e. The van der Waals surface area contributed by atoms with Crippen molar-refractivity contribution in [2.24, 2.45) is 0 Å². The topological polar surface area (TPSA) is 40.5 Å². The van der Waals surface area contributed by atoms with Gasteiger partial charge in [0.1, 0.15) is 0 Å². The Labute approximate surface area is 106 Å². The van der Waals surface area contributed by atoms with Crippen molar-refractivity contribution in [1.82, 2.24) is 4.90 Å². The maximum absolute atomic E-state index is 11.0. The molecule has 0 aliphatic carbocycles. The average molecular weight is 254 g/mol. The molecule has 1 saturated heterocycles. The third-order valence-corrected chi connectivity index (χ3v) is 3.56. The molecule has 92 valence electrons. The van der Waals surface area contributed by atoms with E-state index in [1.165, 1.54) is 0 Å². The van der Waals surface area contributed by atoms with E-state index in [0.29, 0.717) is 5.02 Å². The largest absolute Gasteiger partial charge is 0.481 e. The number of benzene rings is 1. The SMILES string of the molecule is O=C(O)CC(c1ccccc1Cl)N1CCCC1. The van der Waals surface area contributed by atoms with E-state index in [0.717, 1.165) is 31.5 Å². The highest BCUT2D eigenvalue weighted by Crippen LogP contribution is 2.32. The molecule has 1 N–H and O–H groups in total. The van der Waals surface area contributed by atoms with E-state index in [2.05, 4.69) is 4.90 Å². The molecule has 4 heteroatoms. The summed E-state index contributed by atoms with van der Waals surface area (Å²) in [4.78, 5) is 13.2. The summed E-state index contributed by atoms with van der Waals surface area (Å²) < 4.78 is 0. The van der Waals surface area contributed by atoms with Crippen LogP contribution in [0.3, 0.4) is 0 Å². The van der Waals surface area contributed by atoms with Crippen LogP contribution >= 0.6 is 11.6 Å². The number of hydrogen-bond donors (Lipinski definition) is 1. The molecule has 0 aromatic heterocycles. The summed E-state index contributed by atoms with van der Waals surface area (Å²) in [6, 6.07) is 7.43. The van der Waals surface area contributed by atoms with Gasteiger partial charge < -0.3 is 5.11 Å². The van der Waals surface area contributed by atoms with Gasteiger partial charge in [-0.15, -0.1) is 0 Å². The molecule has 1 fully saturated rings. The number of rotatable bonds is 4. The van der Waals surface area contributed by atoms with E-state index in [1.54, 1.807) is 0 Å². The fourth-order valence-electron chi connectivity index (χ4n) is 2.40. The highest BCUT2D eigenvalue weighted by Gasteiger charge is 2.26. The number of halogens is 1. The summed E-state index contributed by atoms with van der Waals surface area (Å²) in [6.07, 6.45) is 2.39. The van der Waals surface area contributed by atoms with Crippen molar-refractivity contribution in [2.45, 2.75) is 25.3 Å². The van der Waals surface area contributed by atoms with Crippen molar-refractivity contribution in [1.29, 1.82) is 0 Å². The summed E-state index contributed by atoms with van der Waals surface area (Å²) in [5, 5.41) is 9.68. The fourth-order valence-corrected chi connectivity index (χ4v) is 2.66. The number of aliphatic carboxylic acids is 1. The Morgan fingerprint density at radius 3 is 2.59 bits per heavy atom. The van der Waals surface area contributed by atoms with Gasteiger partial charge in [0.05, 0.1) is 6.42 Å². The van der Waals surface area contributed by atoms with Gasteiger partial charge in [-0.25, -0.2) is 0 Å². The number of likely N-dealkylation sites (tertiary alicyclic amines) is 1. The molecule has 1 unspecified atom stereocenters. The lowest BCUT2D eigenvalue weighted by molar-refractivity contribution is -0.138. The minimum atomic E-state index is -0.776. The Kier molecular flexibility index (Phi) is 4.02. The van der Waals surface area contributed by atoms with Gasteiger partial charge >= 0.3 is 5.97 Å². The second kappa shape index (κ2) is 5.52. The average Bonchev–Trinajstić information content (AvgIpc) is 2.80. The Hall–Kier alpha value is -1.06. The van der Waals surface area contributed by atoms with Gasteiger partial charge in [0, 0.05) is 11.1 Å². The van der Waals surface area contributed by atoms with Crippen LogP contribution in [0, 0.1) is 0 Å². The van der Waals surface area contributed by atoms with Crippen LogP contribution in [0.2, 0.25) is 5.02 Å². The van der Waals surface area contributed by atoms with Crippen LogP contribution in [0.15, 0.2) is 24.3 Å². The first-order valence-electron chi connectivity index (χ1n) is 5.89. The van der Waals surface area contributed by atoms with E-state index in [9.17, 15) is 4.79 Å². The van der Waals surface area contributed by atoms with Crippen molar-refractivity contribution in [3.8, 4) is 0 Å². The summed E-state index contributed by atoms with van der Waals surface area (Å²) in [5.74, 6) is -0.776. The number of hydrogen-bond acceptors (Lipinski definition) is 2. The van der Waals surface area contributed by atoms with E-state index in [1.807, 2.05) is 24.3 Å². The zero-order valence-electron chi connectivity index (χ0n) is 9.60. The van der Waals surface area contributed by atoms with Crippen molar-refractivity contribution in [2.75, 3.05) is 13.1 Å². The van der Waals surface area contributed by atoms with Crippen LogP contribution in [0.25, 0.3) is 0 Å². The summed E-state index contributed by atoms with van der Waals surface area (Å²) >= 11 is 6.16. The molecule has 1 aliphatic rings. The molecule has 1 aromatic rings. The van der Waals surface area contributed by atoms with Gasteiger partial charge in [0.15, 0.2) is 0 Å². The normalized spacial score (nSPS) is 18.2. The first-order chi connectivity index (χ1) is 8.18. The Morgan fingerprint density at radius 2 is 2.00 bits per heavy atom. The molecule has 0 saturated carbocycles. The van der Waals surface area contributed by atoms with Gasteiger partial charge in [0.25, 0.3) is 0 Å². The van der Waals surface area contributed by atoms with Crippen molar-refractivity contribution >= 4 is 17.6 Å². The van der Waals surface area contributed by atoms with Gasteiger partial charge in [-0.05, 0) is 37.6 Å². The van der Waals surface area contributed by atoms with Crippen LogP contribution < -0.4 is 0 Å². The van der Waals surface area contributed by atoms with Gasteiger partial charge in [-0.1, -0.05) is 29.8 Å². The van der Waals surface area contributed by atoms with E-state index in [4.69, 9.17) is 16.7 Å². The lowest BCUT2D eigenvalue weighted by atomic mass is 10.0. The molecule has 1 aliphatic heterocycles. The lowest BCUT2D eigenvalue weighted by Crippen LogP contribution is -2.27. The molecular weight excluding hydrogens is 238 g/mol. The molecule has 2 rings (SSSR count). The summed E-state index contributed by atoms with van der Waals surface area (Å²) in [5.41, 5.74) is 0.929. The molecule has 0 amide bonds.